The number of anilines is 1. The Morgan fingerprint density at radius 2 is 1.64 bits per heavy atom. The molecule has 0 saturated carbocycles. The van der Waals surface area contributed by atoms with E-state index in [-0.39, 0.29) is 11.3 Å². The van der Waals surface area contributed by atoms with Gasteiger partial charge in [-0.2, -0.15) is 0 Å². The Hall–Kier alpha value is -3.14. The van der Waals surface area contributed by atoms with Gasteiger partial charge in [0.25, 0.3) is 0 Å². The highest BCUT2D eigenvalue weighted by atomic mass is 16.2. The standard InChI is InChI=1S/C24H22N2O2/c1-16(27)25-15-7-12-21-23(28)20-14-13-17-8-5-6-11-19(17)22(20)26(24(21)25)18-9-3-2-4-10-18/h2-6,8-11H,7,12-15H2,1H3. The quantitative estimate of drug-likeness (QED) is 0.652. The highest BCUT2D eigenvalue weighted by Gasteiger charge is 2.32. The van der Waals surface area contributed by atoms with Gasteiger partial charge in [0.05, 0.1) is 5.69 Å². The number of rotatable bonds is 1. The van der Waals surface area contributed by atoms with Crippen LogP contribution >= 0.6 is 0 Å². The number of benzene rings is 2. The molecule has 4 nitrogen and oxygen atoms in total. The van der Waals surface area contributed by atoms with Crippen molar-refractivity contribution in [2.24, 2.45) is 0 Å². The number of pyridine rings is 1. The Morgan fingerprint density at radius 3 is 2.43 bits per heavy atom. The zero-order valence-corrected chi connectivity index (χ0v) is 15.9. The smallest absolute Gasteiger partial charge is 0.224 e. The van der Waals surface area contributed by atoms with Gasteiger partial charge < -0.3 is 0 Å². The molecule has 2 aliphatic rings. The molecule has 0 fully saturated rings. The first-order valence-corrected chi connectivity index (χ1v) is 9.89. The first kappa shape index (κ1) is 17.0. The minimum absolute atomic E-state index is 0.0194. The molecule has 1 aliphatic carbocycles. The third kappa shape index (κ3) is 2.44. The summed E-state index contributed by atoms with van der Waals surface area (Å²) in [6, 6.07) is 18.4. The number of aryl methyl sites for hydroxylation is 1. The summed E-state index contributed by atoms with van der Waals surface area (Å²) >= 11 is 0. The average Bonchev–Trinajstić information content (AvgIpc) is 2.74. The molecule has 1 aliphatic heterocycles. The van der Waals surface area contributed by atoms with Crippen molar-refractivity contribution in [3.8, 4) is 16.9 Å². The van der Waals surface area contributed by atoms with Crippen LogP contribution in [0.3, 0.4) is 0 Å². The predicted octanol–water partition coefficient (Wildman–Crippen LogP) is 3.90. The fourth-order valence-electron chi connectivity index (χ4n) is 4.67. The fraction of sp³-hybridized carbons (Fsp3) is 0.250. The van der Waals surface area contributed by atoms with Crippen LogP contribution in [0.1, 0.15) is 30.0 Å². The molecule has 5 rings (SSSR count). The molecule has 2 heterocycles. The molecule has 4 heteroatoms. The van der Waals surface area contributed by atoms with E-state index in [1.54, 1.807) is 11.8 Å². The number of carbonyl (C=O) groups is 1. The van der Waals surface area contributed by atoms with Crippen LogP contribution in [0, 0.1) is 0 Å². The maximum atomic E-state index is 13.5. The van der Waals surface area contributed by atoms with E-state index < -0.39 is 0 Å². The first-order valence-electron chi connectivity index (χ1n) is 9.89. The van der Waals surface area contributed by atoms with Gasteiger partial charge in [-0.05, 0) is 43.4 Å². The number of nitrogens with zero attached hydrogens (tertiary/aromatic N) is 2. The maximum absolute atomic E-state index is 13.5. The predicted molar refractivity (Wildman–Crippen MR) is 111 cm³/mol. The molecule has 28 heavy (non-hydrogen) atoms. The van der Waals surface area contributed by atoms with Crippen LogP contribution in [0.4, 0.5) is 5.82 Å². The van der Waals surface area contributed by atoms with Crippen molar-refractivity contribution in [1.29, 1.82) is 0 Å². The van der Waals surface area contributed by atoms with Crippen molar-refractivity contribution in [2.45, 2.75) is 32.6 Å². The highest BCUT2D eigenvalue weighted by molar-refractivity contribution is 5.93. The monoisotopic (exact) mass is 370 g/mol. The summed E-state index contributed by atoms with van der Waals surface area (Å²) < 4.78 is 2.16. The minimum atomic E-state index is -0.0194. The lowest BCUT2D eigenvalue weighted by Gasteiger charge is -2.35. The van der Waals surface area contributed by atoms with Crippen molar-refractivity contribution in [1.82, 2.24) is 4.57 Å². The largest absolute Gasteiger partial charge is 0.298 e. The zero-order valence-electron chi connectivity index (χ0n) is 15.9. The molecular weight excluding hydrogens is 348 g/mol. The molecule has 0 spiro atoms. The second kappa shape index (κ2) is 6.48. The second-order valence-electron chi connectivity index (χ2n) is 7.56. The Balaban J connectivity index is 1.96. The fourth-order valence-corrected chi connectivity index (χ4v) is 4.67. The van der Waals surface area contributed by atoms with Crippen LogP contribution in [0.15, 0.2) is 59.4 Å². The maximum Gasteiger partial charge on any atom is 0.224 e. The van der Waals surface area contributed by atoms with Gasteiger partial charge in [0.2, 0.25) is 5.91 Å². The summed E-state index contributed by atoms with van der Waals surface area (Å²) in [6.07, 6.45) is 3.17. The van der Waals surface area contributed by atoms with Crippen LogP contribution in [-0.4, -0.2) is 17.0 Å². The number of carbonyl (C=O) groups excluding carboxylic acids is 1. The second-order valence-corrected chi connectivity index (χ2v) is 7.56. The summed E-state index contributed by atoms with van der Waals surface area (Å²) in [7, 11) is 0. The van der Waals surface area contributed by atoms with Gasteiger partial charge in [-0.15, -0.1) is 0 Å². The molecule has 0 radical (unpaired) electrons. The number of fused-ring (bicyclic) bond motifs is 4. The Morgan fingerprint density at radius 1 is 0.893 bits per heavy atom. The molecule has 0 atom stereocenters. The molecule has 1 aromatic heterocycles. The SMILES string of the molecule is CC(=O)N1CCCc2c1n(-c1ccccc1)c1c(c2=O)CCc2ccccc2-1. The number of hydrogen-bond donors (Lipinski definition) is 0. The van der Waals surface area contributed by atoms with Crippen LogP contribution in [0.5, 0.6) is 0 Å². The average molecular weight is 370 g/mol. The molecule has 0 saturated heterocycles. The van der Waals surface area contributed by atoms with E-state index in [2.05, 4.69) is 34.9 Å². The van der Waals surface area contributed by atoms with E-state index in [4.69, 9.17) is 0 Å². The molecular formula is C24H22N2O2. The van der Waals surface area contributed by atoms with Gasteiger partial charge in [0, 0.05) is 35.8 Å². The molecule has 0 N–H and O–H groups in total. The van der Waals surface area contributed by atoms with Crippen molar-refractivity contribution in [3.63, 3.8) is 0 Å². The molecule has 0 bridgehead atoms. The van der Waals surface area contributed by atoms with Crippen molar-refractivity contribution in [3.05, 3.63) is 81.5 Å². The van der Waals surface area contributed by atoms with E-state index in [9.17, 15) is 9.59 Å². The van der Waals surface area contributed by atoms with E-state index in [0.29, 0.717) is 6.54 Å². The number of aromatic nitrogens is 1. The summed E-state index contributed by atoms with van der Waals surface area (Å²) in [6.45, 7) is 2.23. The lowest BCUT2D eigenvalue weighted by Crippen LogP contribution is -2.40. The van der Waals surface area contributed by atoms with E-state index >= 15 is 0 Å². The van der Waals surface area contributed by atoms with Gasteiger partial charge in [-0.1, -0.05) is 42.5 Å². The van der Waals surface area contributed by atoms with Crippen molar-refractivity contribution in [2.75, 3.05) is 11.4 Å². The Kier molecular flexibility index (Phi) is 3.93. The van der Waals surface area contributed by atoms with E-state index in [0.717, 1.165) is 59.6 Å². The summed E-state index contributed by atoms with van der Waals surface area (Å²) in [5.74, 6) is 0.736. The lowest BCUT2D eigenvalue weighted by atomic mass is 9.86. The highest BCUT2D eigenvalue weighted by Crippen LogP contribution is 2.39. The number of para-hydroxylation sites is 1. The van der Waals surface area contributed by atoms with Gasteiger partial charge >= 0.3 is 0 Å². The van der Waals surface area contributed by atoms with E-state index in [1.165, 1.54) is 5.56 Å². The third-order valence-electron chi connectivity index (χ3n) is 5.91. The Bertz CT molecular complexity index is 1150. The van der Waals surface area contributed by atoms with Crippen molar-refractivity contribution < 1.29 is 4.79 Å². The normalized spacial score (nSPS) is 14.8. The van der Waals surface area contributed by atoms with Crippen LogP contribution < -0.4 is 10.3 Å². The molecule has 2 aromatic carbocycles. The summed E-state index contributed by atoms with van der Waals surface area (Å²) in [5, 5.41) is 0. The van der Waals surface area contributed by atoms with Crippen LogP contribution in [-0.2, 0) is 24.1 Å². The zero-order chi connectivity index (χ0) is 19.3. The van der Waals surface area contributed by atoms with Gasteiger partial charge in [-0.25, -0.2) is 0 Å². The Labute approximate surface area is 164 Å². The molecule has 140 valence electrons. The van der Waals surface area contributed by atoms with Crippen LogP contribution in [0.25, 0.3) is 16.9 Å². The molecule has 0 unspecified atom stereocenters. The van der Waals surface area contributed by atoms with Gasteiger partial charge in [-0.3, -0.25) is 19.1 Å². The summed E-state index contributed by atoms with van der Waals surface area (Å²) in [4.78, 5) is 27.7. The van der Waals surface area contributed by atoms with Crippen molar-refractivity contribution >= 4 is 11.7 Å². The summed E-state index contributed by atoms with van der Waals surface area (Å²) in [5.41, 5.74) is 6.07. The molecule has 3 aromatic rings. The number of hydrogen-bond acceptors (Lipinski definition) is 2. The van der Waals surface area contributed by atoms with Gasteiger partial charge in [0.15, 0.2) is 5.43 Å². The van der Waals surface area contributed by atoms with Crippen LogP contribution in [0.2, 0.25) is 0 Å². The lowest BCUT2D eigenvalue weighted by molar-refractivity contribution is -0.116. The molecule has 1 amide bonds. The number of amides is 1. The first-order chi connectivity index (χ1) is 13.7. The third-order valence-corrected chi connectivity index (χ3v) is 5.91. The van der Waals surface area contributed by atoms with E-state index in [1.807, 2.05) is 24.3 Å². The topological polar surface area (TPSA) is 42.3 Å². The van der Waals surface area contributed by atoms with Gasteiger partial charge in [0.1, 0.15) is 5.82 Å². The minimum Gasteiger partial charge on any atom is -0.298 e.